The van der Waals surface area contributed by atoms with E-state index >= 15 is 0 Å². The van der Waals surface area contributed by atoms with Crippen LogP contribution in [0.3, 0.4) is 0 Å². The number of non-ortho nitro benzene ring substituents is 1. The number of carbonyl (C=O) groups excluding carboxylic acids is 1. The van der Waals surface area contributed by atoms with Crippen molar-refractivity contribution in [2.45, 2.75) is 25.3 Å². The number of hydrogen-bond acceptors (Lipinski definition) is 10. The molecule has 0 atom stereocenters. The third-order valence-corrected chi connectivity index (χ3v) is 6.18. The van der Waals surface area contributed by atoms with Gasteiger partial charge in [0.05, 0.1) is 4.92 Å². The Bertz CT molecular complexity index is 1330. The number of carboxylic acid groups (broad SMARTS) is 1. The van der Waals surface area contributed by atoms with Gasteiger partial charge in [-0.25, -0.2) is 4.79 Å². The Morgan fingerprint density at radius 1 is 1.15 bits per heavy atom. The minimum absolute atomic E-state index is 0.0130. The number of aromatic hydroxyl groups is 2. The molecule has 2 heterocycles. The standard InChI is InChI=1S/C25H27N5O9/c31-17-12-20(32)23(21(13-17)38-18-4-2-16(3-5-18)30(36)37)22-14-19(28-39-22)24(33)27-15-6-10-29(11-7-15)9-1-8-26-25(34)35/h2-5,12-15,26,31-32H,1,6-11H2,(H,27,33)(H,34,35). The number of ether oxygens (including phenoxy) is 1. The van der Waals surface area contributed by atoms with Crippen molar-refractivity contribution in [3.63, 3.8) is 0 Å². The number of aromatic nitrogens is 1. The maximum atomic E-state index is 12.8. The van der Waals surface area contributed by atoms with Crippen molar-refractivity contribution in [1.29, 1.82) is 0 Å². The lowest BCUT2D eigenvalue weighted by Crippen LogP contribution is -2.45. The molecule has 1 saturated heterocycles. The maximum absolute atomic E-state index is 12.8. The quantitative estimate of drug-likeness (QED) is 0.143. The van der Waals surface area contributed by atoms with Gasteiger partial charge in [-0.2, -0.15) is 0 Å². The molecule has 0 bridgehead atoms. The molecule has 14 heteroatoms. The molecule has 1 aromatic heterocycles. The summed E-state index contributed by atoms with van der Waals surface area (Å²) in [6, 6.07) is 8.78. The van der Waals surface area contributed by atoms with E-state index in [0.717, 1.165) is 38.5 Å². The highest BCUT2D eigenvalue weighted by molar-refractivity contribution is 5.93. The third kappa shape index (κ3) is 7.13. The molecule has 2 aromatic carbocycles. The number of rotatable bonds is 10. The summed E-state index contributed by atoms with van der Waals surface area (Å²) in [6.07, 6.45) is 1.09. The van der Waals surface area contributed by atoms with Crippen LogP contribution in [-0.4, -0.2) is 74.5 Å². The molecule has 206 valence electrons. The predicted molar refractivity (Wildman–Crippen MR) is 136 cm³/mol. The molecule has 0 spiro atoms. The molecule has 3 aromatic rings. The van der Waals surface area contributed by atoms with Gasteiger partial charge in [-0.3, -0.25) is 14.9 Å². The minimum atomic E-state index is -1.04. The van der Waals surface area contributed by atoms with E-state index in [4.69, 9.17) is 14.4 Å². The van der Waals surface area contributed by atoms with Crippen LogP contribution in [0.5, 0.6) is 23.0 Å². The van der Waals surface area contributed by atoms with Crippen molar-refractivity contribution in [2.75, 3.05) is 26.2 Å². The van der Waals surface area contributed by atoms with E-state index in [9.17, 15) is 29.9 Å². The summed E-state index contributed by atoms with van der Waals surface area (Å²) in [6.45, 7) is 2.66. The molecule has 14 nitrogen and oxygen atoms in total. The summed E-state index contributed by atoms with van der Waals surface area (Å²) in [5, 5.41) is 49.1. The lowest BCUT2D eigenvalue weighted by molar-refractivity contribution is -0.384. The lowest BCUT2D eigenvalue weighted by atomic mass is 10.0. The second-order valence-electron chi connectivity index (χ2n) is 8.94. The van der Waals surface area contributed by atoms with Crippen LogP contribution < -0.4 is 15.4 Å². The Morgan fingerprint density at radius 2 is 1.87 bits per heavy atom. The molecular formula is C25H27N5O9. The molecule has 0 aliphatic carbocycles. The Balaban J connectivity index is 1.39. The van der Waals surface area contributed by atoms with Gasteiger partial charge in [0.25, 0.3) is 11.6 Å². The molecule has 2 amide bonds. The Kier molecular flexibility index (Phi) is 8.46. The fraction of sp³-hybridized carbons (Fsp3) is 0.320. The molecule has 5 N–H and O–H groups in total. The van der Waals surface area contributed by atoms with Gasteiger partial charge in [0, 0.05) is 56.0 Å². The Morgan fingerprint density at radius 3 is 2.54 bits per heavy atom. The topological polar surface area (TPSA) is 201 Å². The second-order valence-corrected chi connectivity index (χ2v) is 8.94. The minimum Gasteiger partial charge on any atom is -0.508 e. The first kappa shape index (κ1) is 27.2. The van der Waals surface area contributed by atoms with Crippen molar-refractivity contribution < 1.29 is 39.1 Å². The number of nitrogens with one attached hydrogen (secondary N) is 2. The highest BCUT2D eigenvalue weighted by Gasteiger charge is 2.25. The first-order valence-corrected chi connectivity index (χ1v) is 12.1. The van der Waals surface area contributed by atoms with Crippen LogP contribution in [0.1, 0.15) is 29.8 Å². The van der Waals surface area contributed by atoms with Crippen molar-refractivity contribution in [1.82, 2.24) is 20.7 Å². The number of amides is 2. The number of likely N-dealkylation sites (tertiary alicyclic amines) is 1. The normalized spacial score (nSPS) is 14.1. The van der Waals surface area contributed by atoms with E-state index in [1.165, 1.54) is 36.4 Å². The molecular weight excluding hydrogens is 514 g/mol. The molecule has 0 radical (unpaired) electrons. The molecule has 0 saturated carbocycles. The van der Waals surface area contributed by atoms with Gasteiger partial charge in [0.1, 0.15) is 28.6 Å². The van der Waals surface area contributed by atoms with Crippen LogP contribution in [0.15, 0.2) is 47.0 Å². The van der Waals surface area contributed by atoms with Gasteiger partial charge >= 0.3 is 6.09 Å². The van der Waals surface area contributed by atoms with Crippen LogP contribution in [-0.2, 0) is 0 Å². The Hall–Kier alpha value is -4.85. The van der Waals surface area contributed by atoms with Crippen molar-refractivity contribution >= 4 is 17.7 Å². The largest absolute Gasteiger partial charge is 0.508 e. The summed E-state index contributed by atoms with van der Waals surface area (Å²) >= 11 is 0. The number of nitro groups is 1. The summed E-state index contributed by atoms with van der Waals surface area (Å²) < 4.78 is 11.1. The van der Waals surface area contributed by atoms with E-state index < -0.39 is 16.9 Å². The fourth-order valence-electron chi connectivity index (χ4n) is 4.24. The smallest absolute Gasteiger partial charge is 0.404 e. The SMILES string of the molecule is O=C(O)NCCCN1CCC(NC(=O)c2cc(-c3c(O)cc(O)cc3Oc3ccc([N+](=O)[O-])cc3)on2)CC1. The monoisotopic (exact) mass is 541 g/mol. The average molecular weight is 542 g/mol. The first-order valence-electron chi connectivity index (χ1n) is 12.1. The molecule has 1 fully saturated rings. The van der Waals surface area contributed by atoms with E-state index in [0.29, 0.717) is 13.0 Å². The number of nitrogens with zero attached hydrogens (tertiary/aromatic N) is 3. The summed E-state index contributed by atoms with van der Waals surface area (Å²) in [5.41, 5.74) is -0.115. The number of phenols is 2. The summed E-state index contributed by atoms with van der Waals surface area (Å²) in [7, 11) is 0. The predicted octanol–water partition coefficient (Wildman–Crippen LogP) is 3.31. The van der Waals surface area contributed by atoms with Crippen molar-refractivity contribution in [2.24, 2.45) is 0 Å². The van der Waals surface area contributed by atoms with Gasteiger partial charge in [0.2, 0.25) is 0 Å². The zero-order chi connectivity index (χ0) is 27.9. The molecule has 39 heavy (non-hydrogen) atoms. The van der Waals surface area contributed by atoms with Crippen LogP contribution in [0.4, 0.5) is 10.5 Å². The average Bonchev–Trinajstić information content (AvgIpc) is 3.37. The lowest BCUT2D eigenvalue weighted by Gasteiger charge is -2.32. The van der Waals surface area contributed by atoms with E-state index in [1.54, 1.807) is 0 Å². The Labute approximate surface area is 221 Å². The number of piperidine rings is 1. The van der Waals surface area contributed by atoms with Gasteiger partial charge in [-0.1, -0.05) is 5.16 Å². The fourth-order valence-corrected chi connectivity index (χ4v) is 4.24. The zero-order valence-corrected chi connectivity index (χ0v) is 20.7. The number of benzene rings is 2. The first-order chi connectivity index (χ1) is 18.7. The zero-order valence-electron chi connectivity index (χ0n) is 20.7. The number of nitro benzene ring substituents is 1. The number of hydrogen-bond donors (Lipinski definition) is 5. The molecule has 1 aliphatic heterocycles. The summed E-state index contributed by atoms with van der Waals surface area (Å²) in [4.78, 5) is 35.9. The number of phenolic OH excluding ortho intramolecular Hbond substituents is 2. The summed E-state index contributed by atoms with van der Waals surface area (Å²) in [5.74, 6) is -0.940. The van der Waals surface area contributed by atoms with Crippen LogP contribution in [0.2, 0.25) is 0 Å². The van der Waals surface area contributed by atoms with Gasteiger partial charge in [-0.15, -0.1) is 0 Å². The van der Waals surface area contributed by atoms with Gasteiger partial charge in [0.15, 0.2) is 11.5 Å². The van der Waals surface area contributed by atoms with Crippen molar-refractivity contribution in [3.8, 4) is 34.3 Å². The van der Waals surface area contributed by atoms with Gasteiger partial charge < -0.3 is 40.1 Å². The van der Waals surface area contributed by atoms with Gasteiger partial charge in [-0.05, 0) is 37.9 Å². The van der Waals surface area contributed by atoms with Crippen LogP contribution in [0.25, 0.3) is 11.3 Å². The molecule has 1 aliphatic rings. The molecule has 0 unspecified atom stereocenters. The third-order valence-electron chi connectivity index (χ3n) is 6.18. The van der Waals surface area contributed by atoms with Crippen LogP contribution >= 0.6 is 0 Å². The molecule has 4 rings (SSSR count). The second kappa shape index (κ2) is 12.1. The van der Waals surface area contributed by atoms with Crippen LogP contribution in [0, 0.1) is 10.1 Å². The van der Waals surface area contributed by atoms with Crippen molar-refractivity contribution in [3.05, 3.63) is 58.3 Å². The van der Waals surface area contributed by atoms with E-state index in [2.05, 4.69) is 20.7 Å². The van der Waals surface area contributed by atoms with E-state index in [-0.39, 0.29) is 51.7 Å². The van der Waals surface area contributed by atoms with E-state index in [1.807, 2.05) is 0 Å². The number of carbonyl (C=O) groups is 2. The highest BCUT2D eigenvalue weighted by Crippen LogP contribution is 2.43. The highest BCUT2D eigenvalue weighted by atomic mass is 16.6. The maximum Gasteiger partial charge on any atom is 0.404 e.